The highest BCUT2D eigenvalue weighted by molar-refractivity contribution is 6.46. The zero-order valence-corrected chi connectivity index (χ0v) is 18.8. The van der Waals surface area contributed by atoms with Crippen molar-refractivity contribution in [1.29, 1.82) is 0 Å². The van der Waals surface area contributed by atoms with E-state index in [-0.39, 0.29) is 17.9 Å². The predicted octanol–water partition coefficient (Wildman–Crippen LogP) is 5.25. The fourth-order valence-corrected chi connectivity index (χ4v) is 3.98. The number of aliphatic hydroxyl groups is 1. The average Bonchev–Trinajstić information content (AvgIpc) is 3.45. The monoisotopic (exact) mass is 445 g/mol. The summed E-state index contributed by atoms with van der Waals surface area (Å²) in [5.41, 5.74) is 2.41. The second-order valence-corrected chi connectivity index (χ2v) is 7.97. The Kier molecular flexibility index (Phi) is 6.63. The molecule has 1 unspecified atom stereocenters. The number of ketones is 1. The molecule has 0 bridgehead atoms. The summed E-state index contributed by atoms with van der Waals surface area (Å²) in [6.45, 7) is 4.80. The first-order valence-corrected chi connectivity index (χ1v) is 11.2. The fourth-order valence-electron chi connectivity index (χ4n) is 3.98. The van der Waals surface area contributed by atoms with E-state index in [0.29, 0.717) is 23.7 Å². The topological polar surface area (TPSA) is 80.0 Å². The lowest BCUT2D eigenvalue weighted by Crippen LogP contribution is -2.29. The van der Waals surface area contributed by atoms with Crippen molar-refractivity contribution in [3.05, 3.63) is 95.0 Å². The SMILES string of the molecule is CCCOc1ccc(/C(O)=C2/C(=O)C(=O)N(Cc3ccco3)C2c2ccc(CC)cc2)cc1. The zero-order valence-electron chi connectivity index (χ0n) is 18.8. The molecular weight excluding hydrogens is 418 g/mol. The number of amides is 1. The maximum atomic E-state index is 13.1. The number of furan rings is 1. The minimum atomic E-state index is -0.725. The van der Waals surface area contributed by atoms with E-state index < -0.39 is 17.7 Å². The lowest BCUT2D eigenvalue weighted by molar-refractivity contribution is -0.140. The third-order valence-corrected chi connectivity index (χ3v) is 5.75. The summed E-state index contributed by atoms with van der Waals surface area (Å²) >= 11 is 0. The molecule has 1 fully saturated rings. The molecule has 1 N–H and O–H groups in total. The van der Waals surface area contributed by atoms with Gasteiger partial charge in [0.25, 0.3) is 11.7 Å². The highest BCUT2D eigenvalue weighted by Gasteiger charge is 2.46. The lowest BCUT2D eigenvalue weighted by atomic mass is 9.94. The normalized spacial score (nSPS) is 17.5. The number of benzene rings is 2. The number of aliphatic hydroxyl groups excluding tert-OH is 1. The van der Waals surface area contributed by atoms with E-state index in [1.807, 2.05) is 31.2 Å². The van der Waals surface area contributed by atoms with Crippen LogP contribution in [0.15, 0.2) is 76.9 Å². The summed E-state index contributed by atoms with van der Waals surface area (Å²) in [4.78, 5) is 27.6. The third kappa shape index (κ3) is 4.55. The van der Waals surface area contributed by atoms with Gasteiger partial charge in [0.1, 0.15) is 17.3 Å². The second kappa shape index (κ2) is 9.77. The van der Waals surface area contributed by atoms with Crippen LogP contribution < -0.4 is 4.74 Å². The van der Waals surface area contributed by atoms with Crippen LogP contribution in [-0.4, -0.2) is 28.3 Å². The molecule has 3 aromatic rings. The molecule has 1 saturated heterocycles. The molecule has 4 rings (SSSR count). The minimum Gasteiger partial charge on any atom is -0.507 e. The van der Waals surface area contributed by atoms with Gasteiger partial charge in [-0.1, -0.05) is 38.1 Å². The van der Waals surface area contributed by atoms with Gasteiger partial charge in [-0.05, 0) is 60.4 Å². The molecule has 0 radical (unpaired) electrons. The first-order valence-electron chi connectivity index (χ1n) is 11.2. The number of hydrogen-bond donors (Lipinski definition) is 1. The van der Waals surface area contributed by atoms with Gasteiger partial charge in [-0.2, -0.15) is 0 Å². The number of aryl methyl sites for hydroxylation is 1. The van der Waals surface area contributed by atoms with Crippen LogP contribution in [0.5, 0.6) is 5.75 Å². The Morgan fingerprint density at radius 1 is 1.03 bits per heavy atom. The molecule has 0 spiro atoms. The molecule has 2 aromatic carbocycles. The number of hydrogen-bond acceptors (Lipinski definition) is 5. The molecule has 1 aliphatic rings. The Hall–Kier alpha value is -3.80. The first kappa shape index (κ1) is 22.4. The van der Waals surface area contributed by atoms with Gasteiger partial charge in [0.05, 0.1) is 31.0 Å². The fraction of sp³-hybridized carbons (Fsp3) is 0.259. The van der Waals surface area contributed by atoms with Crippen molar-refractivity contribution in [3.63, 3.8) is 0 Å². The van der Waals surface area contributed by atoms with Crippen LogP contribution in [-0.2, 0) is 22.6 Å². The van der Waals surface area contributed by atoms with E-state index >= 15 is 0 Å². The van der Waals surface area contributed by atoms with Crippen molar-refractivity contribution in [1.82, 2.24) is 4.90 Å². The van der Waals surface area contributed by atoms with E-state index in [4.69, 9.17) is 9.15 Å². The molecule has 6 nitrogen and oxygen atoms in total. The van der Waals surface area contributed by atoms with Gasteiger partial charge in [0, 0.05) is 5.56 Å². The Bertz CT molecular complexity index is 1140. The molecule has 33 heavy (non-hydrogen) atoms. The Morgan fingerprint density at radius 2 is 1.76 bits per heavy atom. The number of ether oxygens (including phenoxy) is 1. The van der Waals surface area contributed by atoms with Crippen LogP contribution in [0.4, 0.5) is 0 Å². The van der Waals surface area contributed by atoms with Crippen LogP contribution in [0.3, 0.4) is 0 Å². The van der Waals surface area contributed by atoms with Crippen molar-refractivity contribution in [2.75, 3.05) is 6.61 Å². The summed E-state index contributed by atoms with van der Waals surface area (Å²) in [5, 5.41) is 11.2. The van der Waals surface area contributed by atoms with Crippen molar-refractivity contribution in [2.24, 2.45) is 0 Å². The summed E-state index contributed by atoms with van der Waals surface area (Å²) in [7, 11) is 0. The summed E-state index contributed by atoms with van der Waals surface area (Å²) in [6.07, 6.45) is 3.29. The number of carbonyl (C=O) groups excluding carboxylic acids is 2. The van der Waals surface area contributed by atoms with Crippen LogP contribution >= 0.6 is 0 Å². The second-order valence-electron chi connectivity index (χ2n) is 7.97. The Morgan fingerprint density at radius 3 is 2.36 bits per heavy atom. The lowest BCUT2D eigenvalue weighted by Gasteiger charge is -2.24. The molecule has 0 saturated carbocycles. The Balaban J connectivity index is 1.77. The number of nitrogens with zero attached hydrogens (tertiary/aromatic N) is 1. The highest BCUT2D eigenvalue weighted by atomic mass is 16.5. The summed E-state index contributed by atoms with van der Waals surface area (Å²) < 4.78 is 11.0. The van der Waals surface area contributed by atoms with E-state index in [1.54, 1.807) is 36.4 Å². The van der Waals surface area contributed by atoms with Gasteiger partial charge < -0.3 is 19.2 Å². The van der Waals surface area contributed by atoms with E-state index in [1.165, 1.54) is 11.2 Å². The largest absolute Gasteiger partial charge is 0.507 e. The average molecular weight is 446 g/mol. The van der Waals surface area contributed by atoms with Crippen molar-refractivity contribution < 1.29 is 23.8 Å². The van der Waals surface area contributed by atoms with Crippen molar-refractivity contribution in [2.45, 2.75) is 39.3 Å². The van der Waals surface area contributed by atoms with Gasteiger partial charge in [0.2, 0.25) is 0 Å². The van der Waals surface area contributed by atoms with Crippen LogP contribution in [0.25, 0.3) is 5.76 Å². The third-order valence-electron chi connectivity index (χ3n) is 5.75. The minimum absolute atomic E-state index is 0.0676. The number of Topliss-reactive ketones (excluding diaryl/α,β-unsaturated/α-hetero) is 1. The number of likely N-dealkylation sites (tertiary alicyclic amines) is 1. The van der Waals surface area contributed by atoms with Crippen LogP contribution in [0, 0.1) is 0 Å². The molecule has 6 heteroatoms. The molecule has 2 heterocycles. The van der Waals surface area contributed by atoms with Crippen LogP contribution in [0.2, 0.25) is 0 Å². The maximum Gasteiger partial charge on any atom is 0.296 e. The van der Waals surface area contributed by atoms with Gasteiger partial charge in [-0.25, -0.2) is 0 Å². The molecule has 170 valence electrons. The smallest absolute Gasteiger partial charge is 0.296 e. The predicted molar refractivity (Wildman–Crippen MR) is 125 cm³/mol. The van der Waals surface area contributed by atoms with Gasteiger partial charge in [-0.3, -0.25) is 9.59 Å². The molecule has 1 atom stereocenters. The summed E-state index contributed by atoms with van der Waals surface area (Å²) in [5.74, 6) is -0.347. The quantitative estimate of drug-likeness (QED) is 0.291. The van der Waals surface area contributed by atoms with E-state index in [2.05, 4.69) is 6.92 Å². The molecule has 1 amide bonds. The Labute approximate surface area is 193 Å². The van der Waals surface area contributed by atoms with E-state index in [9.17, 15) is 14.7 Å². The van der Waals surface area contributed by atoms with Gasteiger partial charge in [0.15, 0.2) is 0 Å². The van der Waals surface area contributed by atoms with Gasteiger partial charge >= 0.3 is 0 Å². The first-order chi connectivity index (χ1) is 16.0. The number of carbonyl (C=O) groups is 2. The number of rotatable bonds is 8. The molecular formula is C27H27NO5. The van der Waals surface area contributed by atoms with Crippen molar-refractivity contribution >= 4 is 17.4 Å². The van der Waals surface area contributed by atoms with E-state index in [0.717, 1.165) is 24.0 Å². The maximum absolute atomic E-state index is 13.1. The molecule has 1 aliphatic heterocycles. The van der Waals surface area contributed by atoms with Crippen LogP contribution in [0.1, 0.15) is 48.8 Å². The van der Waals surface area contributed by atoms with Gasteiger partial charge in [-0.15, -0.1) is 0 Å². The van der Waals surface area contributed by atoms with Crippen molar-refractivity contribution in [3.8, 4) is 5.75 Å². The summed E-state index contributed by atoms with van der Waals surface area (Å²) in [6, 6.07) is 17.4. The standard InChI is InChI=1S/C27H27NO5/c1-3-15-32-21-13-11-20(12-14-21)25(29)23-24(19-9-7-18(4-2)8-10-19)28(27(31)26(23)30)17-22-6-5-16-33-22/h5-14,16,24,29H,3-4,15,17H2,1-2H3/b25-23-. The highest BCUT2D eigenvalue weighted by Crippen LogP contribution is 2.40. The molecule has 1 aromatic heterocycles. The molecule has 0 aliphatic carbocycles. The zero-order chi connectivity index (χ0) is 23.4.